The van der Waals surface area contributed by atoms with Crippen LogP contribution in [0.1, 0.15) is 13.8 Å². The van der Waals surface area contributed by atoms with Crippen LogP contribution in [0.5, 0.6) is 0 Å². The summed E-state index contributed by atoms with van der Waals surface area (Å²) in [6, 6.07) is 0. The van der Waals surface area contributed by atoms with Crippen molar-refractivity contribution in [3.8, 4) is 11.8 Å². The third kappa shape index (κ3) is 5.45. The van der Waals surface area contributed by atoms with Gasteiger partial charge in [-0.2, -0.15) is 0 Å². The van der Waals surface area contributed by atoms with E-state index in [1.54, 1.807) is 0 Å². The Kier molecular flexibility index (Phi) is 3.21. The number of hydrogen-bond donors (Lipinski definition) is 1. The monoisotopic (exact) mass is 128 g/mol. The SMILES string of the molecule is CC(C)C#CC(O)=S. The maximum atomic E-state index is 8.36. The Morgan fingerprint density at radius 3 is 2.25 bits per heavy atom. The van der Waals surface area contributed by atoms with Crippen LogP contribution in [0.25, 0.3) is 0 Å². The standard InChI is InChI=1S/C6H8OS/c1-5(2)3-4-6(7)8/h5H,1-2H3,(H,7,8). The summed E-state index contributed by atoms with van der Waals surface area (Å²) >= 11 is 4.30. The van der Waals surface area contributed by atoms with Crippen LogP contribution in [0, 0.1) is 17.8 Å². The van der Waals surface area contributed by atoms with Gasteiger partial charge in [-0.05, 0) is 18.1 Å². The maximum Gasteiger partial charge on any atom is 0.234 e. The summed E-state index contributed by atoms with van der Waals surface area (Å²) in [5, 5.41) is 8.14. The van der Waals surface area contributed by atoms with Crippen LogP contribution in [0.3, 0.4) is 0 Å². The zero-order chi connectivity index (χ0) is 6.57. The van der Waals surface area contributed by atoms with Gasteiger partial charge < -0.3 is 5.11 Å². The molecule has 0 aliphatic heterocycles. The van der Waals surface area contributed by atoms with Crippen molar-refractivity contribution in [2.75, 3.05) is 0 Å². The molecule has 0 amide bonds. The van der Waals surface area contributed by atoms with Gasteiger partial charge in [0, 0.05) is 5.92 Å². The smallest absolute Gasteiger partial charge is 0.234 e. The fraction of sp³-hybridized carbons (Fsp3) is 0.500. The predicted molar refractivity (Wildman–Crippen MR) is 37.8 cm³/mol. The average molecular weight is 128 g/mol. The number of thiocarbonyl (C=S) groups is 1. The summed E-state index contributed by atoms with van der Waals surface area (Å²) in [7, 11) is 0. The third-order valence-electron chi connectivity index (χ3n) is 0.468. The highest BCUT2D eigenvalue weighted by atomic mass is 32.1. The molecule has 0 rings (SSSR count). The van der Waals surface area contributed by atoms with E-state index in [0.29, 0.717) is 0 Å². The molecule has 0 aromatic rings. The van der Waals surface area contributed by atoms with E-state index in [1.807, 2.05) is 13.8 Å². The lowest BCUT2D eigenvalue weighted by atomic mass is 10.2. The van der Waals surface area contributed by atoms with Crippen LogP contribution < -0.4 is 0 Å². The topological polar surface area (TPSA) is 20.2 Å². The summed E-state index contributed by atoms with van der Waals surface area (Å²) in [6.45, 7) is 3.87. The third-order valence-corrected chi connectivity index (χ3v) is 0.570. The molecule has 0 saturated heterocycles. The van der Waals surface area contributed by atoms with E-state index in [9.17, 15) is 0 Å². The van der Waals surface area contributed by atoms with E-state index >= 15 is 0 Å². The Labute approximate surface area is 54.7 Å². The number of aliphatic hydroxyl groups is 1. The van der Waals surface area contributed by atoms with Crippen molar-refractivity contribution < 1.29 is 5.11 Å². The first-order valence-electron chi connectivity index (χ1n) is 2.37. The molecular formula is C6H8OS. The molecule has 0 aliphatic rings. The zero-order valence-corrected chi connectivity index (χ0v) is 5.75. The molecule has 8 heavy (non-hydrogen) atoms. The number of rotatable bonds is 0. The van der Waals surface area contributed by atoms with Gasteiger partial charge in [0.05, 0.1) is 0 Å². The van der Waals surface area contributed by atoms with Crippen molar-refractivity contribution in [3.05, 3.63) is 0 Å². The van der Waals surface area contributed by atoms with E-state index in [4.69, 9.17) is 5.11 Å². The first kappa shape index (κ1) is 7.45. The number of hydrogen-bond acceptors (Lipinski definition) is 1. The molecule has 0 atom stereocenters. The molecule has 0 aliphatic carbocycles. The Hall–Kier alpha value is -0.550. The Bertz CT molecular complexity index is 138. The van der Waals surface area contributed by atoms with E-state index in [1.165, 1.54) is 0 Å². The molecule has 44 valence electrons. The Morgan fingerprint density at radius 1 is 1.62 bits per heavy atom. The zero-order valence-electron chi connectivity index (χ0n) is 4.93. The lowest BCUT2D eigenvalue weighted by Crippen LogP contribution is -1.85. The molecular weight excluding hydrogens is 120 g/mol. The molecule has 0 unspecified atom stereocenters. The Morgan fingerprint density at radius 2 is 2.12 bits per heavy atom. The van der Waals surface area contributed by atoms with Crippen molar-refractivity contribution >= 4 is 17.3 Å². The Balaban J connectivity index is 3.68. The highest BCUT2D eigenvalue weighted by molar-refractivity contribution is 7.80. The molecule has 1 nitrogen and oxygen atoms in total. The van der Waals surface area contributed by atoms with Crippen LogP contribution in [-0.4, -0.2) is 10.2 Å². The minimum absolute atomic E-state index is 0.223. The molecule has 0 saturated carbocycles. The second-order valence-electron chi connectivity index (χ2n) is 1.73. The molecule has 0 radical (unpaired) electrons. The molecule has 1 N–H and O–H groups in total. The molecule has 0 aromatic heterocycles. The summed E-state index contributed by atoms with van der Waals surface area (Å²) in [6.07, 6.45) is 0. The van der Waals surface area contributed by atoms with Crippen LogP contribution in [-0.2, 0) is 0 Å². The van der Waals surface area contributed by atoms with E-state index in [0.717, 1.165) is 0 Å². The van der Waals surface area contributed by atoms with Gasteiger partial charge in [-0.15, -0.1) is 0 Å². The first-order chi connectivity index (χ1) is 3.63. The fourth-order valence-corrected chi connectivity index (χ4v) is 0.265. The lowest BCUT2D eigenvalue weighted by molar-refractivity contribution is 0.577. The molecule has 0 fully saturated rings. The van der Waals surface area contributed by atoms with Crippen molar-refractivity contribution in [1.82, 2.24) is 0 Å². The van der Waals surface area contributed by atoms with Gasteiger partial charge in [0.2, 0.25) is 5.05 Å². The lowest BCUT2D eigenvalue weighted by Gasteiger charge is -1.84. The second kappa shape index (κ2) is 3.45. The van der Waals surface area contributed by atoms with Crippen molar-refractivity contribution in [3.63, 3.8) is 0 Å². The summed E-state index contributed by atoms with van der Waals surface area (Å²) in [4.78, 5) is 0. The van der Waals surface area contributed by atoms with Crippen molar-refractivity contribution in [1.29, 1.82) is 0 Å². The highest BCUT2D eigenvalue weighted by Crippen LogP contribution is 1.84. The number of aliphatic hydroxyl groups excluding tert-OH is 1. The van der Waals surface area contributed by atoms with Gasteiger partial charge in [0.1, 0.15) is 0 Å². The summed E-state index contributed by atoms with van der Waals surface area (Å²) in [5.74, 6) is 5.36. The van der Waals surface area contributed by atoms with Crippen LogP contribution in [0.2, 0.25) is 0 Å². The first-order valence-corrected chi connectivity index (χ1v) is 2.78. The van der Waals surface area contributed by atoms with Gasteiger partial charge in [-0.3, -0.25) is 0 Å². The summed E-state index contributed by atoms with van der Waals surface area (Å²) in [5.41, 5.74) is 0. The maximum absolute atomic E-state index is 8.36. The minimum atomic E-state index is -0.223. The molecule has 0 spiro atoms. The van der Waals surface area contributed by atoms with Gasteiger partial charge >= 0.3 is 0 Å². The van der Waals surface area contributed by atoms with Gasteiger partial charge in [-0.1, -0.05) is 19.8 Å². The van der Waals surface area contributed by atoms with E-state index in [-0.39, 0.29) is 11.0 Å². The average Bonchev–Trinajstić information content (AvgIpc) is 1.61. The largest absolute Gasteiger partial charge is 0.493 e. The normalized spacial score (nSPS) is 7.88. The van der Waals surface area contributed by atoms with Crippen LogP contribution >= 0.6 is 12.2 Å². The second-order valence-corrected chi connectivity index (χ2v) is 2.12. The highest BCUT2D eigenvalue weighted by Gasteiger charge is 1.81. The van der Waals surface area contributed by atoms with Gasteiger partial charge in [0.25, 0.3) is 0 Å². The van der Waals surface area contributed by atoms with Gasteiger partial charge in [-0.25, -0.2) is 0 Å². The fourth-order valence-electron chi connectivity index (χ4n) is 0.206. The minimum Gasteiger partial charge on any atom is -0.493 e. The van der Waals surface area contributed by atoms with E-state index in [2.05, 4.69) is 24.1 Å². The quantitative estimate of drug-likeness (QED) is 0.394. The van der Waals surface area contributed by atoms with Crippen LogP contribution in [0.4, 0.5) is 0 Å². The molecule has 0 aromatic carbocycles. The molecule has 2 heteroatoms. The van der Waals surface area contributed by atoms with E-state index < -0.39 is 0 Å². The summed E-state index contributed by atoms with van der Waals surface area (Å²) < 4.78 is 0. The van der Waals surface area contributed by atoms with Crippen molar-refractivity contribution in [2.45, 2.75) is 13.8 Å². The van der Waals surface area contributed by atoms with Gasteiger partial charge in [0.15, 0.2) is 0 Å². The van der Waals surface area contributed by atoms with Crippen molar-refractivity contribution in [2.24, 2.45) is 5.92 Å². The molecule has 0 bridgehead atoms. The molecule has 0 heterocycles. The predicted octanol–water partition coefficient (Wildman–Crippen LogP) is 1.53. The van der Waals surface area contributed by atoms with Crippen LogP contribution in [0.15, 0.2) is 0 Å².